The number of anilines is 1. The number of rotatable bonds is 4. The molecule has 0 spiro atoms. The lowest BCUT2D eigenvalue weighted by atomic mass is 9.93. The van der Waals surface area contributed by atoms with Gasteiger partial charge in [-0.1, -0.05) is 32.9 Å². The molecule has 0 aliphatic carbocycles. The van der Waals surface area contributed by atoms with Crippen LogP contribution in [-0.4, -0.2) is 19.1 Å². The van der Waals surface area contributed by atoms with Crippen LogP contribution in [0.25, 0.3) is 0 Å². The number of hydrogen-bond acceptors (Lipinski definition) is 4. The van der Waals surface area contributed by atoms with E-state index in [4.69, 9.17) is 10.7 Å². The van der Waals surface area contributed by atoms with Gasteiger partial charge in [0.2, 0.25) is 0 Å². The van der Waals surface area contributed by atoms with Gasteiger partial charge in [0.15, 0.2) is 0 Å². The molecule has 1 heterocycles. The normalized spacial score (nSPS) is 13.2. The van der Waals surface area contributed by atoms with E-state index in [2.05, 4.69) is 55.3 Å². The van der Waals surface area contributed by atoms with Crippen LogP contribution in [0.15, 0.2) is 29.6 Å². The average molecular weight is 303 g/mol. The number of aromatic nitrogens is 1. The van der Waals surface area contributed by atoms with Crippen molar-refractivity contribution in [3.63, 3.8) is 0 Å². The third kappa shape index (κ3) is 4.05. The molecule has 21 heavy (non-hydrogen) atoms. The zero-order valence-corrected chi connectivity index (χ0v) is 14.4. The van der Waals surface area contributed by atoms with Crippen LogP contribution in [0.1, 0.15) is 43.1 Å². The van der Waals surface area contributed by atoms with Gasteiger partial charge in [-0.3, -0.25) is 0 Å². The van der Waals surface area contributed by atoms with Crippen molar-refractivity contribution in [3.8, 4) is 0 Å². The highest BCUT2D eigenvalue weighted by Gasteiger charge is 2.18. The third-order valence-corrected chi connectivity index (χ3v) is 4.42. The van der Waals surface area contributed by atoms with Gasteiger partial charge in [0.25, 0.3) is 0 Å². The van der Waals surface area contributed by atoms with Gasteiger partial charge in [0, 0.05) is 43.0 Å². The summed E-state index contributed by atoms with van der Waals surface area (Å²) in [7, 11) is 4.08. The second-order valence-corrected chi connectivity index (χ2v) is 7.62. The molecule has 1 unspecified atom stereocenters. The summed E-state index contributed by atoms with van der Waals surface area (Å²) in [5.74, 6) is 0. The predicted octanol–water partition coefficient (Wildman–Crippen LogP) is 3.75. The number of thiazole rings is 1. The van der Waals surface area contributed by atoms with Crippen LogP contribution in [0.3, 0.4) is 0 Å². The van der Waals surface area contributed by atoms with Crippen LogP contribution in [-0.2, 0) is 11.8 Å². The van der Waals surface area contributed by atoms with Crippen LogP contribution in [0.5, 0.6) is 0 Å². The van der Waals surface area contributed by atoms with E-state index < -0.39 is 0 Å². The second kappa shape index (κ2) is 6.16. The molecule has 114 valence electrons. The lowest BCUT2D eigenvalue weighted by Crippen LogP contribution is -2.15. The molecule has 1 atom stereocenters. The summed E-state index contributed by atoms with van der Waals surface area (Å²) in [6.45, 7) is 6.56. The molecule has 0 bridgehead atoms. The molecular formula is C17H25N3S. The lowest BCUT2D eigenvalue weighted by molar-refractivity contribution is 0.569. The van der Waals surface area contributed by atoms with Crippen LogP contribution in [0.4, 0.5) is 5.69 Å². The number of nitrogens with zero attached hydrogens (tertiary/aromatic N) is 2. The molecule has 4 heteroatoms. The van der Waals surface area contributed by atoms with Crippen molar-refractivity contribution in [1.82, 2.24) is 4.98 Å². The molecule has 0 fully saturated rings. The predicted molar refractivity (Wildman–Crippen MR) is 92.2 cm³/mol. The van der Waals surface area contributed by atoms with Gasteiger partial charge in [-0.15, -0.1) is 11.3 Å². The summed E-state index contributed by atoms with van der Waals surface area (Å²) < 4.78 is 0. The molecule has 0 amide bonds. The first kappa shape index (κ1) is 16.0. The van der Waals surface area contributed by atoms with Crippen molar-refractivity contribution < 1.29 is 0 Å². The number of hydrogen-bond donors (Lipinski definition) is 1. The summed E-state index contributed by atoms with van der Waals surface area (Å²) >= 11 is 1.71. The van der Waals surface area contributed by atoms with E-state index in [0.717, 1.165) is 22.7 Å². The largest absolute Gasteiger partial charge is 0.378 e. The topological polar surface area (TPSA) is 42.1 Å². The molecular weight excluding hydrogens is 278 g/mol. The van der Waals surface area contributed by atoms with Crippen molar-refractivity contribution >= 4 is 17.0 Å². The molecule has 0 aliphatic rings. The summed E-state index contributed by atoms with van der Waals surface area (Å²) in [5, 5.41) is 3.26. The summed E-state index contributed by atoms with van der Waals surface area (Å²) in [6, 6.07) is 8.44. The first-order valence-corrected chi connectivity index (χ1v) is 8.13. The van der Waals surface area contributed by atoms with Crippen molar-refractivity contribution in [3.05, 3.63) is 45.9 Å². The average Bonchev–Trinajstić information content (AvgIpc) is 2.87. The Balaban J connectivity index is 2.07. The van der Waals surface area contributed by atoms with Gasteiger partial charge in [-0.05, 0) is 17.7 Å². The van der Waals surface area contributed by atoms with Crippen LogP contribution in [0.2, 0.25) is 0 Å². The Morgan fingerprint density at radius 3 is 2.29 bits per heavy atom. The van der Waals surface area contributed by atoms with Crippen molar-refractivity contribution in [1.29, 1.82) is 0 Å². The maximum absolute atomic E-state index is 6.32. The van der Waals surface area contributed by atoms with E-state index >= 15 is 0 Å². The van der Waals surface area contributed by atoms with Gasteiger partial charge in [-0.25, -0.2) is 4.98 Å². The molecule has 1 aromatic heterocycles. The SMILES string of the molecule is CN(C)c1ccc(C(N)Cc2nc(C(C)(C)C)cs2)cc1. The van der Waals surface area contributed by atoms with E-state index in [1.54, 1.807) is 11.3 Å². The van der Waals surface area contributed by atoms with Gasteiger partial charge in [-0.2, -0.15) is 0 Å². The Morgan fingerprint density at radius 1 is 1.19 bits per heavy atom. The summed E-state index contributed by atoms with van der Waals surface area (Å²) in [4.78, 5) is 6.81. The fourth-order valence-electron chi connectivity index (χ4n) is 2.07. The molecule has 0 saturated carbocycles. The molecule has 2 N–H and O–H groups in total. The van der Waals surface area contributed by atoms with Gasteiger partial charge < -0.3 is 10.6 Å². The highest BCUT2D eigenvalue weighted by atomic mass is 32.1. The summed E-state index contributed by atoms with van der Waals surface area (Å²) in [5.41, 5.74) is 9.93. The smallest absolute Gasteiger partial charge is 0.0947 e. The van der Waals surface area contributed by atoms with Crippen LogP contribution < -0.4 is 10.6 Å². The van der Waals surface area contributed by atoms with Crippen molar-refractivity contribution in [2.75, 3.05) is 19.0 Å². The van der Waals surface area contributed by atoms with Gasteiger partial charge in [0.05, 0.1) is 10.7 Å². The van der Waals surface area contributed by atoms with Crippen LogP contribution >= 0.6 is 11.3 Å². The molecule has 0 saturated heterocycles. The molecule has 2 aromatic rings. The van der Waals surface area contributed by atoms with E-state index in [1.165, 1.54) is 5.69 Å². The van der Waals surface area contributed by atoms with E-state index in [1.807, 2.05) is 14.1 Å². The Kier molecular flexibility index (Phi) is 4.69. The van der Waals surface area contributed by atoms with E-state index in [0.29, 0.717) is 0 Å². The van der Waals surface area contributed by atoms with E-state index in [-0.39, 0.29) is 11.5 Å². The zero-order valence-electron chi connectivity index (χ0n) is 13.6. The van der Waals surface area contributed by atoms with Crippen LogP contribution in [0, 0.1) is 0 Å². The Hall–Kier alpha value is -1.39. The highest BCUT2D eigenvalue weighted by molar-refractivity contribution is 7.09. The first-order chi connectivity index (χ1) is 9.77. The monoisotopic (exact) mass is 303 g/mol. The Bertz CT molecular complexity index is 579. The van der Waals surface area contributed by atoms with Crippen molar-refractivity contribution in [2.24, 2.45) is 5.73 Å². The minimum atomic E-state index is 0.000167. The standard InChI is InChI=1S/C17H25N3S/c1-17(2,3)15-11-21-16(19-15)10-14(18)12-6-8-13(9-7-12)20(4)5/h6-9,11,14H,10,18H2,1-5H3. The van der Waals surface area contributed by atoms with E-state index in [9.17, 15) is 0 Å². The maximum Gasteiger partial charge on any atom is 0.0947 e. The van der Waals surface area contributed by atoms with Crippen molar-refractivity contribution in [2.45, 2.75) is 38.6 Å². The van der Waals surface area contributed by atoms with Gasteiger partial charge >= 0.3 is 0 Å². The number of nitrogens with two attached hydrogens (primary N) is 1. The summed E-state index contributed by atoms with van der Waals surface area (Å²) in [6.07, 6.45) is 0.794. The Morgan fingerprint density at radius 2 is 1.81 bits per heavy atom. The minimum absolute atomic E-state index is 0.000167. The zero-order chi connectivity index (χ0) is 15.6. The Labute approximate surface area is 131 Å². The highest BCUT2D eigenvalue weighted by Crippen LogP contribution is 2.26. The third-order valence-electron chi connectivity index (χ3n) is 3.55. The van der Waals surface area contributed by atoms with Gasteiger partial charge in [0.1, 0.15) is 0 Å². The fraction of sp³-hybridized carbons (Fsp3) is 0.471. The molecule has 1 aromatic carbocycles. The number of benzene rings is 1. The quantitative estimate of drug-likeness (QED) is 0.935. The molecule has 0 aliphatic heterocycles. The fourth-order valence-corrected chi connectivity index (χ4v) is 3.16. The molecule has 3 nitrogen and oxygen atoms in total. The lowest BCUT2D eigenvalue weighted by Gasteiger charge is -2.16. The first-order valence-electron chi connectivity index (χ1n) is 7.25. The minimum Gasteiger partial charge on any atom is -0.378 e. The second-order valence-electron chi connectivity index (χ2n) is 6.67. The molecule has 0 radical (unpaired) electrons. The molecule has 2 rings (SSSR count). The maximum atomic E-state index is 6.32.